The molecule has 0 unspecified atom stereocenters. The number of benzene rings is 2. The smallest absolute Gasteiger partial charge is 0.174 e. The highest BCUT2D eigenvalue weighted by Gasteiger charge is 2.42. The molecular formula is C27H26N4S. The average Bonchev–Trinajstić information content (AvgIpc) is 3.32. The van der Waals surface area contributed by atoms with E-state index >= 15 is 0 Å². The van der Waals surface area contributed by atoms with Gasteiger partial charge >= 0.3 is 0 Å². The van der Waals surface area contributed by atoms with Crippen LogP contribution in [-0.4, -0.2) is 14.7 Å². The van der Waals surface area contributed by atoms with E-state index in [4.69, 9.17) is 12.2 Å². The fraction of sp³-hybridized carbons (Fsp3) is 0.185. The van der Waals surface area contributed by atoms with Crippen LogP contribution in [0, 0.1) is 13.8 Å². The number of hydrogen-bond donors (Lipinski definition) is 1. The Morgan fingerprint density at radius 2 is 1.59 bits per heavy atom. The SMILES string of the molecule is Cc1cc([C@@H]2[C@H](c3ccccn3)NC(=S)N2c2ccccc2)c(C)n1Cc1ccccc1. The molecule has 0 aliphatic carbocycles. The number of para-hydroxylation sites is 1. The lowest BCUT2D eigenvalue weighted by atomic mass is 9.96. The predicted octanol–water partition coefficient (Wildman–Crippen LogP) is 5.73. The zero-order valence-electron chi connectivity index (χ0n) is 18.3. The van der Waals surface area contributed by atoms with Crippen LogP contribution in [0.25, 0.3) is 0 Å². The molecule has 3 heterocycles. The van der Waals surface area contributed by atoms with E-state index in [0.29, 0.717) is 0 Å². The van der Waals surface area contributed by atoms with Gasteiger partial charge in [0.05, 0.1) is 17.8 Å². The van der Waals surface area contributed by atoms with Crippen LogP contribution in [0.2, 0.25) is 0 Å². The Morgan fingerprint density at radius 3 is 2.28 bits per heavy atom. The molecule has 5 heteroatoms. The lowest BCUT2D eigenvalue weighted by Crippen LogP contribution is -2.29. The molecule has 0 bridgehead atoms. The normalized spacial score (nSPS) is 18.1. The molecule has 1 fully saturated rings. The molecule has 0 amide bonds. The van der Waals surface area contributed by atoms with Crippen molar-refractivity contribution in [1.82, 2.24) is 14.9 Å². The first-order valence-electron chi connectivity index (χ1n) is 10.9. The van der Waals surface area contributed by atoms with Crippen LogP contribution in [0.4, 0.5) is 5.69 Å². The summed E-state index contributed by atoms with van der Waals surface area (Å²) in [6, 6.07) is 29.3. The summed E-state index contributed by atoms with van der Waals surface area (Å²) in [4.78, 5) is 6.91. The molecule has 5 rings (SSSR count). The molecule has 0 radical (unpaired) electrons. The Hall–Kier alpha value is -3.44. The summed E-state index contributed by atoms with van der Waals surface area (Å²) in [6.07, 6.45) is 1.85. The van der Waals surface area contributed by atoms with Gasteiger partial charge in [0.2, 0.25) is 0 Å². The minimum Gasteiger partial charge on any atom is -0.351 e. The van der Waals surface area contributed by atoms with Crippen molar-refractivity contribution in [3.8, 4) is 0 Å². The van der Waals surface area contributed by atoms with Crippen molar-refractivity contribution in [2.45, 2.75) is 32.5 Å². The fourth-order valence-electron chi connectivity index (χ4n) is 4.67. The first-order chi connectivity index (χ1) is 15.6. The van der Waals surface area contributed by atoms with E-state index in [2.05, 4.69) is 100 Å². The van der Waals surface area contributed by atoms with Crippen LogP contribution in [0.1, 0.15) is 40.3 Å². The molecule has 2 aromatic heterocycles. The summed E-state index contributed by atoms with van der Waals surface area (Å²) in [7, 11) is 0. The molecule has 2 aromatic carbocycles. The monoisotopic (exact) mass is 438 g/mol. The zero-order chi connectivity index (χ0) is 22.1. The second-order valence-corrected chi connectivity index (χ2v) is 8.62. The molecule has 1 saturated heterocycles. The van der Waals surface area contributed by atoms with Gasteiger partial charge in [0.25, 0.3) is 0 Å². The Kier molecular flexibility index (Phi) is 5.50. The molecule has 4 aromatic rings. The summed E-state index contributed by atoms with van der Waals surface area (Å²) in [5.74, 6) is 0. The van der Waals surface area contributed by atoms with Crippen molar-refractivity contribution in [2.24, 2.45) is 0 Å². The molecule has 4 nitrogen and oxygen atoms in total. The highest BCUT2D eigenvalue weighted by atomic mass is 32.1. The number of aryl methyl sites for hydroxylation is 1. The van der Waals surface area contributed by atoms with Crippen molar-refractivity contribution in [3.63, 3.8) is 0 Å². The van der Waals surface area contributed by atoms with Gasteiger partial charge in [0, 0.05) is 29.8 Å². The third-order valence-electron chi connectivity index (χ3n) is 6.25. The van der Waals surface area contributed by atoms with Crippen LogP contribution in [0.5, 0.6) is 0 Å². The summed E-state index contributed by atoms with van der Waals surface area (Å²) in [5, 5.41) is 4.29. The molecule has 160 valence electrons. The van der Waals surface area contributed by atoms with Crippen molar-refractivity contribution >= 4 is 23.0 Å². The molecule has 1 aliphatic heterocycles. The molecule has 2 atom stereocenters. The Balaban J connectivity index is 1.62. The maximum absolute atomic E-state index is 5.84. The van der Waals surface area contributed by atoms with Crippen LogP contribution in [0.3, 0.4) is 0 Å². The number of rotatable bonds is 5. The molecule has 0 spiro atoms. The van der Waals surface area contributed by atoms with Gasteiger partial charge in [0.15, 0.2) is 5.11 Å². The molecule has 0 saturated carbocycles. The van der Waals surface area contributed by atoms with Crippen molar-refractivity contribution in [3.05, 3.63) is 119 Å². The second-order valence-electron chi connectivity index (χ2n) is 8.23. The average molecular weight is 439 g/mol. The van der Waals surface area contributed by atoms with Crippen molar-refractivity contribution < 1.29 is 0 Å². The van der Waals surface area contributed by atoms with Crippen molar-refractivity contribution in [2.75, 3.05) is 4.90 Å². The molecular weight excluding hydrogens is 412 g/mol. The van der Waals surface area contributed by atoms with Gasteiger partial charge in [-0.2, -0.15) is 0 Å². The third-order valence-corrected chi connectivity index (χ3v) is 6.56. The van der Waals surface area contributed by atoms with E-state index in [1.165, 1.54) is 22.5 Å². The number of aromatic nitrogens is 2. The first-order valence-corrected chi connectivity index (χ1v) is 11.3. The standard InChI is InChI=1S/C27H26N4S/c1-19-17-23(20(2)30(19)18-21-11-5-3-6-12-21)26-25(24-15-9-10-16-28-24)29-27(32)31(26)22-13-7-4-8-14-22/h3-17,25-26H,18H2,1-2H3,(H,29,32)/t25-,26+/m0/s1. The predicted molar refractivity (Wildman–Crippen MR) is 134 cm³/mol. The van der Waals surface area contributed by atoms with Gasteiger partial charge in [-0.1, -0.05) is 54.6 Å². The highest BCUT2D eigenvalue weighted by Crippen LogP contribution is 2.43. The van der Waals surface area contributed by atoms with Crippen molar-refractivity contribution in [1.29, 1.82) is 0 Å². The Bertz CT molecular complexity index is 1220. The van der Waals surface area contributed by atoms with Gasteiger partial charge < -0.3 is 14.8 Å². The number of nitrogens with zero attached hydrogens (tertiary/aromatic N) is 3. The van der Waals surface area contributed by atoms with Gasteiger partial charge in [-0.3, -0.25) is 4.98 Å². The first kappa shape index (κ1) is 20.5. The molecule has 1 aliphatic rings. The Labute approximate surface area is 194 Å². The zero-order valence-corrected chi connectivity index (χ0v) is 19.1. The minimum atomic E-state index is -0.0328. The van der Waals surface area contributed by atoms with Crippen LogP contribution in [0.15, 0.2) is 91.1 Å². The number of hydrogen-bond acceptors (Lipinski definition) is 2. The van der Waals surface area contributed by atoms with Gasteiger partial charge in [-0.15, -0.1) is 0 Å². The number of thiocarbonyl (C=S) groups is 1. The van der Waals surface area contributed by atoms with Crippen LogP contribution >= 0.6 is 12.2 Å². The molecule has 32 heavy (non-hydrogen) atoms. The number of nitrogens with one attached hydrogen (secondary N) is 1. The maximum atomic E-state index is 5.84. The quantitative estimate of drug-likeness (QED) is 0.404. The van der Waals surface area contributed by atoms with Crippen LogP contribution < -0.4 is 10.2 Å². The summed E-state index contributed by atoms with van der Waals surface area (Å²) in [6.45, 7) is 5.25. The van der Waals surface area contributed by atoms with E-state index in [9.17, 15) is 0 Å². The van der Waals surface area contributed by atoms with Gasteiger partial charge in [0.1, 0.15) is 0 Å². The topological polar surface area (TPSA) is 33.1 Å². The van der Waals surface area contributed by atoms with E-state index in [-0.39, 0.29) is 12.1 Å². The summed E-state index contributed by atoms with van der Waals surface area (Å²) in [5.41, 5.74) is 7.14. The lowest BCUT2D eigenvalue weighted by Gasteiger charge is -2.28. The van der Waals surface area contributed by atoms with Crippen LogP contribution in [-0.2, 0) is 6.54 Å². The summed E-state index contributed by atoms with van der Waals surface area (Å²) >= 11 is 5.84. The van der Waals surface area contributed by atoms with E-state index < -0.39 is 0 Å². The second kappa shape index (κ2) is 8.60. The fourth-order valence-corrected chi connectivity index (χ4v) is 5.02. The summed E-state index contributed by atoms with van der Waals surface area (Å²) < 4.78 is 2.39. The minimum absolute atomic E-state index is 0.00974. The lowest BCUT2D eigenvalue weighted by molar-refractivity contribution is 0.563. The van der Waals surface area contributed by atoms with E-state index in [1.807, 2.05) is 24.4 Å². The van der Waals surface area contributed by atoms with Gasteiger partial charge in [-0.25, -0.2) is 0 Å². The largest absolute Gasteiger partial charge is 0.351 e. The highest BCUT2D eigenvalue weighted by molar-refractivity contribution is 7.80. The van der Waals surface area contributed by atoms with Gasteiger partial charge in [-0.05, 0) is 67.5 Å². The number of pyridine rings is 1. The maximum Gasteiger partial charge on any atom is 0.174 e. The van der Waals surface area contributed by atoms with E-state index in [1.54, 1.807) is 0 Å². The number of anilines is 1. The third kappa shape index (κ3) is 3.69. The molecule has 1 N–H and O–H groups in total. The van der Waals surface area contributed by atoms with E-state index in [0.717, 1.165) is 23.0 Å². The Morgan fingerprint density at radius 1 is 0.906 bits per heavy atom.